The van der Waals surface area contributed by atoms with Crippen molar-refractivity contribution in [2.75, 3.05) is 4.90 Å². The Morgan fingerprint density at radius 2 is 1.71 bits per heavy atom. The molecule has 0 aliphatic carbocycles. The van der Waals surface area contributed by atoms with Crippen molar-refractivity contribution in [1.82, 2.24) is 19.7 Å². The molecule has 0 saturated carbocycles. The SMILES string of the molecule is Cc1cc(C)cc(N2C(=O)C[C@H](c3c(C)[nH]n(-c4nc5ccccc5[nH]4)c3=O)C2=O)c1. The monoisotopic (exact) mass is 415 g/mol. The lowest BCUT2D eigenvalue weighted by molar-refractivity contribution is -0.121. The van der Waals surface area contributed by atoms with Crippen molar-refractivity contribution in [3.05, 3.63) is 75.2 Å². The molecule has 5 rings (SSSR count). The predicted molar refractivity (Wildman–Crippen MR) is 117 cm³/mol. The highest BCUT2D eigenvalue weighted by Gasteiger charge is 2.43. The van der Waals surface area contributed by atoms with Crippen LogP contribution in [0.25, 0.3) is 17.0 Å². The number of aromatic amines is 2. The van der Waals surface area contributed by atoms with Gasteiger partial charge >= 0.3 is 0 Å². The first-order valence-electron chi connectivity index (χ1n) is 10.0. The molecule has 2 aromatic carbocycles. The first kappa shape index (κ1) is 19.0. The molecule has 2 N–H and O–H groups in total. The van der Waals surface area contributed by atoms with Crippen molar-refractivity contribution < 1.29 is 9.59 Å². The molecule has 1 aliphatic rings. The van der Waals surface area contributed by atoms with Gasteiger partial charge in [0, 0.05) is 12.1 Å². The van der Waals surface area contributed by atoms with Crippen LogP contribution in [0, 0.1) is 20.8 Å². The minimum Gasteiger partial charge on any atom is -0.322 e. The van der Waals surface area contributed by atoms with E-state index in [0.29, 0.717) is 22.9 Å². The lowest BCUT2D eigenvalue weighted by Crippen LogP contribution is -2.31. The molecule has 31 heavy (non-hydrogen) atoms. The van der Waals surface area contributed by atoms with Crippen LogP contribution in [0.15, 0.2) is 47.3 Å². The molecule has 0 unspecified atom stereocenters. The average Bonchev–Trinajstić information content (AvgIpc) is 3.34. The van der Waals surface area contributed by atoms with Crippen LogP contribution in [0.2, 0.25) is 0 Å². The molecule has 156 valence electrons. The zero-order valence-corrected chi connectivity index (χ0v) is 17.4. The fraction of sp³-hybridized carbons (Fsp3) is 0.217. The number of nitrogens with one attached hydrogen (secondary N) is 2. The average molecular weight is 415 g/mol. The molecule has 4 aromatic rings. The molecular weight excluding hydrogens is 394 g/mol. The Kier molecular flexibility index (Phi) is 4.18. The maximum Gasteiger partial charge on any atom is 0.278 e. The van der Waals surface area contributed by atoms with E-state index in [4.69, 9.17) is 0 Å². The van der Waals surface area contributed by atoms with E-state index in [-0.39, 0.29) is 23.8 Å². The molecule has 1 saturated heterocycles. The molecular formula is C23H21N5O3. The molecule has 0 bridgehead atoms. The van der Waals surface area contributed by atoms with Crippen LogP contribution in [-0.4, -0.2) is 31.6 Å². The highest BCUT2D eigenvalue weighted by molar-refractivity contribution is 6.22. The van der Waals surface area contributed by atoms with Gasteiger partial charge in [-0.25, -0.2) is 9.88 Å². The third-order valence-corrected chi connectivity index (χ3v) is 5.67. The second-order valence-corrected chi connectivity index (χ2v) is 8.04. The summed E-state index contributed by atoms with van der Waals surface area (Å²) in [6, 6.07) is 13.1. The van der Waals surface area contributed by atoms with Crippen LogP contribution < -0.4 is 10.5 Å². The van der Waals surface area contributed by atoms with Gasteiger partial charge < -0.3 is 4.98 Å². The van der Waals surface area contributed by atoms with Crippen LogP contribution in [0.5, 0.6) is 0 Å². The summed E-state index contributed by atoms with van der Waals surface area (Å²) >= 11 is 0. The van der Waals surface area contributed by atoms with Gasteiger partial charge in [0.1, 0.15) is 0 Å². The van der Waals surface area contributed by atoms with Crippen molar-refractivity contribution in [1.29, 1.82) is 0 Å². The van der Waals surface area contributed by atoms with Gasteiger partial charge in [0.15, 0.2) is 0 Å². The molecule has 0 radical (unpaired) electrons. The van der Waals surface area contributed by atoms with Gasteiger partial charge in [-0.05, 0) is 56.2 Å². The summed E-state index contributed by atoms with van der Waals surface area (Å²) in [5, 5.41) is 3.00. The number of hydrogen-bond donors (Lipinski definition) is 2. The minimum atomic E-state index is -0.831. The number of nitrogens with zero attached hydrogens (tertiary/aromatic N) is 3. The highest BCUT2D eigenvalue weighted by atomic mass is 16.2. The van der Waals surface area contributed by atoms with Crippen LogP contribution in [0.4, 0.5) is 5.69 Å². The Labute approximate surface area is 177 Å². The minimum absolute atomic E-state index is 0.0418. The largest absolute Gasteiger partial charge is 0.322 e. The molecule has 8 nitrogen and oxygen atoms in total. The van der Waals surface area contributed by atoms with Gasteiger partial charge in [-0.3, -0.25) is 19.5 Å². The van der Waals surface area contributed by atoms with Gasteiger partial charge in [0.05, 0.1) is 28.2 Å². The molecule has 3 heterocycles. The van der Waals surface area contributed by atoms with Gasteiger partial charge in [0.25, 0.3) is 5.56 Å². The lowest BCUT2D eigenvalue weighted by atomic mass is 9.98. The number of carbonyl (C=O) groups excluding carboxylic acids is 2. The van der Waals surface area contributed by atoms with Crippen LogP contribution in [0.1, 0.15) is 34.7 Å². The second-order valence-electron chi connectivity index (χ2n) is 8.04. The van der Waals surface area contributed by atoms with Gasteiger partial charge in [-0.1, -0.05) is 18.2 Å². The molecule has 1 fully saturated rings. The Bertz CT molecular complexity index is 1370. The van der Waals surface area contributed by atoms with Crippen LogP contribution in [-0.2, 0) is 9.59 Å². The number of aryl methyl sites for hydroxylation is 3. The van der Waals surface area contributed by atoms with Gasteiger partial charge in [0.2, 0.25) is 17.8 Å². The van der Waals surface area contributed by atoms with Gasteiger partial charge in [-0.2, -0.15) is 4.68 Å². The van der Waals surface area contributed by atoms with Crippen molar-refractivity contribution in [3.63, 3.8) is 0 Å². The van der Waals surface area contributed by atoms with E-state index in [1.165, 1.54) is 9.58 Å². The van der Waals surface area contributed by atoms with Crippen LogP contribution >= 0.6 is 0 Å². The van der Waals surface area contributed by atoms with Crippen LogP contribution in [0.3, 0.4) is 0 Å². The summed E-state index contributed by atoms with van der Waals surface area (Å²) in [4.78, 5) is 48.0. The number of aromatic nitrogens is 4. The predicted octanol–water partition coefficient (Wildman–Crippen LogP) is 3.01. The standard InChI is InChI=1S/C23H21N5O3/c1-12-8-13(2)10-15(9-12)27-19(29)11-16(21(27)30)20-14(3)26-28(22(20)31)23-24-17-6-4-5-7-18(17)25-23/h4-10,16,26H,11H2,1-3H3,(H,24,25)/t16-/m1/s1. The number of H-pyrrole nitrogens is 2. The number of fused-ring (bicyclic) bond motifs is 1. The third kappa shape index (κ3) is 2.99. The first-order valence-corrected chi connectivity index (χ1v) is 10.0. The lowest BCUT2D eigenvalue weighted by Gasteiger charge is -2.16. The van der Waals surface area contributed by atoms with Crippen molar-refractivity contribution in [2.24, 2.45) is 0 Å². The Balaban J connectivity index is 1.56. The zero-order valence-electron chi connectivity index (χ0n) is 17.4. The maximum absolute atomic E-state index is 13.3. The maximum atomic E-state index is 13.3. The van der Waals surface area contributed by atoms with E-state index in [1.54, 1.807) is 6.92 Å². The zero-order chi connectivity index (χ0) is 21.9. The summed E-state index contributed by atoms with van der Waals surface area (Å²) < 4.78 is 1.29. The summed E-state index contributed by atoms with van der Waals surface area (Å²) in [6.45, 7) is 5.57. The number of para-hydroxylation sites is 2. The number of benzene rings is 2. The van der Waals surface area contributed by atoms with E-state index in [2.05, 4.69) is 15.1 Å². The number of anilines is 1. The smallest absolute Gasteiger partial charge is 0.278 e. The first-order chi connectivity index (χ1) is 14.8. The molecule has 2 aromatic heterocycles. The number of rotatable bonds is 3. The number of imidazole rings is 1. The topological polar surface area (TPSA) is 104 Å². The van der Waals surface area contributed by atoms with E-state index in [9.17, 15) is 14.4 Å². The molecule has 8 heteroatoms. The fourth-order valence-electron chi connectivity index (χ4n) is 4.37. The van der Waals surface area contributed by atoms with Crippen molar-refractivity contribution in [2.45, 2.75) is 33.1 Å². The number of hydrogen-bond acceptors (Lipinski definition) is 4. The van der Waals surface area contributed by atoms with Crippen molar-refractivity contribution >= 4 is 28.5 Å². The molecule has 1 aliphatic heterocycles. The summed E-state index contributed by atoms with van der Waals surface area (Å²) in [6.07, 6.45) is -0.0418. The number of amides is 2. The Hall–Kier alpha value is -3.94. The fourth-order valence-corrected chi connectivity index (χ4v) is 4.37. The summed E-state index contributed by atoms with van der Waals surface area (Å²) in [7, 11) is 0. The van der Waals surface area contributed by atoms with E-state index >= 15 is 0 Å². The van der Waals surface area contributed by atoms with Gasteiger partial charge in [-0.15, -0.1) is 0 Å². The summed E-state index contributed by atoms with van der Waals surface area (Å²) in [5.41, 5.74) is 4.45. The Morgan fingerprint density at radius 3 is 2.42 bits per heavy atom. The second kappa shape index (κ2) is 6.80. The van der Waals surface area contributed by atoms with Crippen molar-refractivity contribution in [3.8, 4) is 5.95 Å². The molecule has 1 atom stereocenters. The quantitative estimate of drug-likeness (QED) is 0.502. The highest BCUT2D eigenvalue weighted by Crippen LogP contribution is 2.34. The third-order valence-electron chi connectivity index (χ3n) is 5.67. The number of imide groups is 1. The van der Waals surface area contributed by atoms with E-state index in [0.717, 1.165) is 22.2 Å². The normalized spacial score (nSPS) is 16.6. The van der Waals surface area contributed by atoms with E-state index in [1.807, 2.05) is 56.3 Å². The molecule has 2 amide bonds. The molecule has 0 spiro atoms. The number of carbonyl (C=O) groups is 2. The van der Waals surface area contributed by atoms with E-state index < -0.39 is 5.92 Å². The summed E-state index contributed by atoms with van der Waals surface area (Å²) in [5.74, 6) is -1.19. The Morgan fingerprint density at radius 1 is 1.00 bits per heavy atom.